The van der Waals surface area contributed by atoms with E-state index in [1.807, 2.05) is 20.8 Å². The SMILES string of the molecule is CCC(=O)OC1CN(C)C(=O)N1c1cc(C(C)(C)C)c(Cl)nn1. The third-order valence-electron chi connectivity index (χ3n) is 3.60. The van der Waals surface area contributed by atoms with Crippen molar-refractivity contribution < 1.29 is 14.3 Å². The molecule has 1 aliphatic heterocycles. The van der Waals surface area contributed by atoms with Gasteiger partial charge in [-0.25, -0.2) is 9.69 Å². The predicted octanol–water partition coefficient (Wildman–Crippen LogP) is 2.58. The summed E-state index contributed by atoms with van der Waals surface area (Å²) in [6.07, 6.45) is -0.481. The largest absolute Gasteiger partial charge is 0.439 e. The van der Waals surface area contributed by atoms with Gasteiger partial charge in [-0.15, -0.1) is 10.2 Å². The molecule has 0 radical (unpaired) electrons. The summed E-state index contributed by atoms with van der Waals surface area (Å²) >= 11 is 6.12. The highest BCUT2D eigenvalue weighted by Crippen LogP contribution is 2.32. The van der Waals surface area contributed by atoms with Crippen molar-refractivity contribution in [3.8, 4) is 0 Å². The van der Waals surface area contributed by atoms with Crippen molar-refractivity contribution in [2.24, 2.45) is 0 Å². The Hall–Kier alpha value is -1.89. The van der Waals surface area contributed by atoms with Crippen LogP contribution in [0.2, 0.25) is 5.15 Å². The number of carbonyl (C=O) groups is 2. The molecule has 1 unspecified atom stereocenters. The van der Waals surface area contributed by atoms with Crippen LogP contribution in [0.15, 0.2) is 6.07 Å². The lowest BCUT2D eigenvalue weighted by molar-refractivity contribution is -0.147. The Kier molecular flexibility index (Phi) is 4.79. The fraction of sp³-hybridized carbons (Fsp3) is 0.600. The second kappa shape index (κ2) is 6.31. The number of hydrogen-bond donors (Lipinski definition) is 0. The van der Waals surface area contributed by atoms with E-state index in [9.17, 15) is 9.59 Å². The molecule has 7 nitrogen and oxygen atoms in total. The molecule has 0 spiro atoms. The number of urea groups is 1. The van der Waals surface area contributed by atoms with Gasteiger partial charge in [0.1, 0.15) is 0 Å². The van der Waals surface area contributed by atoms with Gasteiger partial charge in [-0.05, 0) is 11.5 Å². The number of nitrogens with zero attached hydrogens (tertiary/aromatic N) is 4. The number of amides is 2. The van der Waals surface area contributed by atoms with Crippen molar-refractivity contribution in [1.82, 2.24) is 15.1 Å². The van der Waals surface area contributed by atoms with E-state index in [2.05, 4.69) is 10.2 Å². The minimum absolute atomic E-state index is 0.238. The molecule has 1 atom stereocenters. The molecule has 0 bridgehead atoms. The second-order valence-electron chi connectivity index (χ2n) is 6.49. The van der Waals surface area contributed by atoms with Crippen molar-refractivity contribution in [3.63, 3.8) is 0 Å². The average Bonchev–Trinajstić information content (AvgIpc) is 2.73. The molecule has 23 heavy (non-hydrogen) atoms. The van der Waals surface area contributed by atoms with E-state index in [4.69, 9.17) is 16.3 Å². The zero-order valence-electron chi connectivity index (χ0n) is 14.0. The normalized spacial score (nSPS) is 18.5. The van der Waals surface area contributed by atoms with Gasteiger partial charge in [0, 0.05) is 19.0 Å². The van der Waals surface area contributed by atoms with Gasteiger partial charge >= 0.3 is 12.0 Å². The summed E-state index contributed by atoms with van der Waals surface area (Å²) in [5.41, 5.74) is 0.513. The van der Waals surface area contributed by atoms with Gasteiger partial charge in [0.25, 0.3) is 0 Å². The summed E-state index contributed by atoms with van der Waals surface area (Å²) in [6.45, 7) is 7.96. The van der Waals surface area contributed by atoms with E-state index >= 15 is 0 Å². The Bertz CT molecular complexity index is 630. The fourth-order valence-corrected chi connectivity index (χ4v) is 2.66. The summed E-state index contributed by atoms with van der Waals surface area (Å²) in [6, 6.07) is 1.43. The maximum absolute atomic E-state index is 12.4. The van der Waals surface area contributed by atoms with Gasteiger partial charge in [0.2, 0.25) is 6.23 Å². The van der Waals surface area contributed by atoms with Crippen molar-refractivity contribution in [1.29, 1.82) is 0 Å². The van der Waals surface area contributed by atoms with Gasteiger partial charge < -0.3 is 9.64 Å². The highest BCUT2D eigenvalue weighted by Gasteiger charge is 2.40. The minimum Gasteiger partial charge on any atom is -0.439 e. The van der Waals surface area contributed by atoms with Crippen LogP contribution in [-0.4, -0.2) is 46.9 Å². The van der Waals surface area contributed by atoms with Gasteiger partial charge in [-0.1, -0.05) is 39.3 Å². The first-order valence-electron chi connectivity index (χ1n) is 7.42. The third kappa shape index (κ3) is 3.55. The molecule has 1 aromatic rings. The van der Waals surface area contributed by atoms with Crippen LogP contribution in [0.1, 0.15) is 39.7 Å². The van der Waals surface area contributed by atoms with Crippen LogP contribution in [0.4, 0.5) is 10.6 Å². The fourth-order valence-electron chi connectivity index (χ4n) is 2.28. The number of rotatable bonds is 3. The summed E-state index contributed by atoms with van der Waals surface area (Å²) in [5.74, 6) is -0.0522. The molecule has 0 saturated carbocycles. The zero-order valence-corrected chi connectivity index (χ0v) is 14.7. The molecule has 0 aliphatic carbocycles. The molecule has 8 heteroatoms. The number of aromatic nitrogens is 2. The summed E-state index contributed by atoms with van der Waals surface area (Å²) in [5, 5.41) is 8.25. The van der Waals surface area contributed by atoms with E-state index in [0.717, 1.165) is 5.56 Å². The maximum Gasteiger partial charge on any atom is 0.328 e. The van der Waals surface area contributed by atoms with Crippen molar-refractivity contribution in [3.05, 3.63) is 16.8 Å². The zero-order chi connectivity index (χ0) is 17.4. The number of carbonyl (C=O) groups excluding carboxylic acids is 2. The van der Waals surface area contributed by atoms with Crippen LogP contribution in [0.3, 0.4) is 0 Å². The molecule has 1 aromatic heterocycles. The first-order valence-corrected chi connectivity index (χ1v) is 7.80. The van der Waals surface area contributed by atoms with E-state index in [1.165, 1.54) is 9.80 Å². The Morgan fingerprint density at radius 2 is 2.09 bits per heavy atom. The number of esters is 1. The lowest BCUT2D eigenvalue weighted by Gasteiger charge is -2.24. The number of anilines is 1. The van der Waals surface area contributed by atoms with Gasteiger partial charge in [0.15, 0.2) is 11.0 Å². The predicted molar refractivity (Wildman–Crippen MR) is 86.4 cm³/mol. The Labute approximate surface area is 140 Å². The first kappa shape index (κ1) is 17.5. The van der Waals surface area contributed by atoms with E-state index in [1.54, 1.807) is 20.0 Å². The van der Waals surface area contributed by atoms with Crippen molar-refractivity contribution in [2.75, 3.05) is 18.5 Å². The monoisotopic (exact) mass is 340 g/mol. The molecule has 1 fully saturated rings. The molecular formula is C15H21ClN4O3. The Morgan fingerprint density at radius 3 is 2.65 bits per heavy atom. The number of halogens is 1. The second-order valence-corrected chi connectivity index (χ2v) is 6.85. The van der Waals surface area contributed by atoms with Crippen LogP contribution < -0.4 is 4.90 Å². The molecule has 0 aromatic carbocycles. The molecular weight excluding hydrogens is 320 g/mol. The van der Waals surface area contributed by atoms with Gasteiger partial charge in [0.05, 0.1) is 6.54 Å². The van der Waals surface area contributed by atoms with Gasteiger partial charge in [-0.3, -0.25) is 4.79 Å². The summed E-state index contributed by atoms with van der Waals surface area (Å²) in [4.78, 5) is 26.8. The standard InChI is InChI=1S/C15H21ClN4O3/c1-6-12(21)23-11-8-19(5)14(22)20(11)10-7-9(15(2,3)4)13(16)18-17-10/h7,11H,6,8H2,1-5H3. The smallest absolute Gasteiger partial charge is 0.328 e. The topological polar surface area (TPSA) is 75.6 Å². The van der Waals surface area contributed by atoms with Crippen LogP contribution in [0.25, 0.3) is 0 Å². The van der Waals surface area contributed by atoms with Crippen LogP contribution in [0, 0.1) is 0 Å². The lowest BCUT2D eigenvalue weighted by atomic mass is 9.88. The maximum atomic E-state index is 12.4. The number of likely N-dealkylation sites (N-methyl/N-ethyl adjacent to an activating group) is 1. The van der Waals surface area contributed by atoms with Crippen LogP contribution >= 0.6 is 11.6 Å². The molecule has 1 aliphatic rings. The third-order valence-corrected chi connectivity index (χ3v) is 3.88. The summed E-state index contributed by atoms with van der Waals surface area (Å²) in [7, 11) is 1.64. The first-order chi connectivity index (χ1) is 10.6. The molecule has 2 heterocycles. The Morgan fingerprint density at radius 1 is 1.43 bits per heavy atom. The molecule has 126 valence electrons. The van der Waals surface area contributed by atoms with Gasteiger partial charge in [-0.2, -0.15) is 0 Å². The highest BCUT2D eigenvalue weighted by atomic mass is 35.5. The average molecular weight is 341 g/mol. The highest BCUT2D eigenvalue weighted by molar-refractivity contribution is 6.30. The lowest BCUT2D eigenvalue weighted by Crippen LogP contribution is -2.38. The minimum atomic E-state index is -0.719. The molecule has 1 saturated heterocycles. The van der Waals surface area contributed by atoms with Crippen LogP contribution in [0.5, 0.6) is 0 Å². The number of hydrogen-bond acceptors (Lipinski definition) is 5. The summed E-state index contributed by atoms with van der Waals surface area (Å²) < 4.78 is 5.35. The molecule has 2 rings (SSSR count). The van der Waals surface area contributed by atoms with Crippen molar-refractivity contribution >= 4 is 29.4 Å². The van der Waals surface area contributed by atoms with E-state index in [-0.39, 0.29) is 30.4 Å². The molecule has 0 N–H and O–H groups in total. The molecule has 2 amide bonds. The van der Waals surface area contributed by atoms with E-state index < -0.39 is 6.23 Å². The van der Waals surface area contributed by atoms with Crippen molar-refractivity contribution in [2.45, 2.75) is 45.8 Å². The van der Waals surface area contributed by atoms with E-state index in [0.29, 0.717) is 11.0 Å². The number of ether oxygens (including phenoxy) is 1. The Balaban J connectivity index is 2.41. The van der Waals surface area contributed by atoms with Crippen LogP contribution in [-0.2, 0) is 14.9 Å². The quantitative estimate of drug-likeness (QED) is 0.790.